The summed E-state index contributed by atoms with van der Waals surface area (Å²) in [6, 6.07) is 15.8. The van der Waals surface area contributed by atoms with Gasteiger partial charge in [-0.25, -0.2) is 4.79 Å². The number of hydrogen-bond acceptors (Lipinski definition) is 3. The lowest BCUT2D eigenvalue weighted by molar-refractivity contribution is 0.0933. The highest BCUT2D eigenvalue weighted by molar-refractivity contribution is 6.01. The maximum absolute atomic E-state index is 13.2. The van der Waals surface area contributed by atoms with Crippen LogP contribution >= 0.6 is 0 Å². The quantitative estimate of drug-likeness (QED) is 0.465. The van der Waals surface area contributed by atoms with E-state index in [1.165, 1.54) is 18.4 Å². The molecule has 0 bridgehead atoms. The fourth-order valence-corrected chi connectivity index (χ4v) is 4.39. The van der Waals surface area contributed by atoms with E-state index in [1.54, 1.807) is 0 Å². The summed E-state index contributed by atoms with van der Waals surface area (Å²) in [6.45, 7) is 1.94. The van der Waals surface area contributed by atoms with Crippen LogP contribution in [0.15, 0.2) is 48.5 Å². The molecular formula is C25H31N3O3. The summed E-state index contributed by atoms with van der Waals surface area (Å²) in [5, 5.41) is 17.4. The Hall–Kier alpha value is -2.86. The fraction of sp³-hybridized carbons (Fsp3) is 0.440. The van der Waals surface area contributed by atoms with Gasteiger partial charge in [-0.05, 0) is 66.7 Å². The van der Waals surface area contributed by atoms with Crippen LogP contribution in [0, 0.1) is 5.92 Å². The molecule has 1 unspecified atom stereocenters. The van der Waals surface area contributed by atoms with Crippen molar-refractivity contribution in [1.29, 1.82) is 0 Å². The van der Waals surface area contributed by atoms with Crippen LogP contribution in [0.2, 0.25) is 0 Å². The molecule has 2 aromatic carbocycles. The molecule has 164 valence electrons. The van der Waals surface area contributed by atoms with Gasteiger partial charge in [0, 0.05) is 12.1 Å². The van der Waals surface area contributed by atoms with E-state index in [0.29, 0.717) is 30.4 Å². The highest BCUT2D eigenvalue weighted by atomic mass is 16.3. The molecule has 0 aromatic heterocycles. The topological polar surface area (TPSA) is 90.5 Å². The number of aliphatic hydroxyl groups excluding tert-OH is 1. The van der Waals surface area contributed by atoms with E-state index in [4.69, 9.17) is 5.11 Å². The van der Waals surface area contributed by atoms with Crippen LogP contribution in [0.5, 0.6) is 0 Å². The predicted octanol–water partition coefficient (Wildman–Crippen LogP) is 3.77. The minimum absolute atomic E-state index is 0.148. The van der Waals surface area contributed by atoms with E-state index in [1.807, 2.05) is 31.2 Å². The van der Waals surface area contributed by atoms with Gasteiger partial charge in [0.15, 0.2) is 0 Å². The van der Waals surface area contributed by atoms with Gasteiger partial charge in [-0.3, -0.25) is 4.79 Å². The molecule has 0 spiro atoms. The van der Waals surface area contributed by atoms with E-state index in [9.17, 15) is 9.59 Å². The number of nitrogens with one attached hydrogen (secondary N) is 3. The van der Waals surface area contributed by atoms with E-state index in [2.05, 4.69) is 40.2 Å². The van der Waals surface area contributed by atoms with Crippen molar-refractivity contribution in [1.82, 2.24) is 16.0 Å². The Kier molecular flexibility index (Phi) is 6.28. The van der Waals surface area contributed by atoms with Crippen molar-refractivity contribution in [3.8, 4) is 11.1 Å². The third kappa shape index (κ3) is 4.90. The molecule has 2 aliphatic rings. The molecule has 0 heterocycles. The Labute approximate surface area is 183 Å². The standard InChI is InChI=1S/C25H31N3O3/c1-2-25(20-13-14-20,28-24(31)27-16-29)15-26-23(30)22-6-4-3-5-21(22)19-11-9-18(10-12-19)17-7-8-17/h3-6,9-12,17,20,29H,2,7-8,13-16H2,1H3,(H,26,30)(H2,27,28,31). The minimum atomic E-state index is -0.518. The molecule has 2 aromatic rings. The maximum Gasteiger partial charge on any atom is 0.317 e. The predicted molar refractivity (Wildman–Crippen MR) is 121 cm³/mol. The third-order valence-corrected chi connectivity index (χ3v) is 6.60. The number of aliphatic hydroxyl groups is 1. The van der Waals surface area contributed by atoms with E-state index in [0.717, 1.165) is 24.0 Å². The highest BCUT2D eigenvalue weighted by Crippen LogP contribution is 2.42. The minimum Gasteiger partial charge on any atom is -0.376 e. The van der Waals surface area contributed by atoms with Crippen molar-refractivity contribution in [3.05, 3.63) is 59.7 Å². The van der Waals surface area contributed by atoms with Crippen molar-refractivity contribution in [3.63, 3.8) is 0 Å². The average molecular weight is 422 g/mol. The van der Waals surface area contributed by atoms with E-state index < -0.39 is 18.3 Å². The first kappa shape index (κ1) is 21.4. The molecule has 2 fully saturated rings. The van der Waals surface area contributed by atoms with Crippen molar-refractivity contribution in [2.24, 2.45) is 5.92 Å². The van der Waals surface area contributed by atoms with Crippen LogP contribution in [0.25, 0.3) is 11.1 Å². The SMILES string of the molecule is CCC(CNC(=O)c1ccccc1-c1ccc(C2CC2)cc1)(NC(=O)NCO)C1CC1. The van der Waals surface area contributed by atoms with Gasteiger partial charge in [0.25, 0.3) is 5.91 Å². The zero-order chi connectivity index (χ0) is 21.8. The summed E-state index contributed by atoms with van der Waals surface area (Å²) in [4.78, 5) is 25.3. The van der Waals surface area contributed by atoms with E-state index in [-0.39, 0.29) is 5.91 Å². The summed E-state index contributed by atoms with van der Waals surface area (Å²) in [6.07, 6.45) is 5.27. The van der Waals surface area contributed by atoms with Gasteiger partial charge in [0.05, 0.1) is 5.54 Å². The second-order valence-electron chi connectivity index (χ2n) is 8.70. The van der Waals surface area contributed by atoms with Crippen LogP contribution in [-0.2, 0) is 0 Å². The first-order chi connectivity index (χ1) is 15.1. The van der Waals surface area contributed by atoms with Crippen LogP contribution in [-0.4, -0.2) is 35.9 Å². The van der Waals surface area contributed by atoms with Gasteiger partial charge in [0.1, 0.15) is 6.73 Å². The van der Waals surface area contributed by atoms with Crippen LogP contribution in [0.3, 0.4) is 0 Å². The lowest BCUT2D eigenvalue weighted by Gasteiger charge is -2.34. The Bertz CT molecular complexity index is 935. The lowest BCUT2D eigenvalue weighted by Crippen LogP contribution is -2.59. The number of amides is 3. The van der Waals surface area contributed by atoms with Crippen LogP contribution in [0.4, 0.5) is 4.79 Å². The Morgan fingerprint density at radius 2 is 1.71 bits per heavy atom. The Balaban J connectivity index is 1.49. The Morgan fingerprint density at radius 1 is 1.00 bits per heavy atom. The molecule has 0 aliphatic heterocycles. The number of urea groups is 1. The second kappa shape index (κ2) is 9.10. The first-order valence-corrected chi connectivity index (χ1v) is 11.2. The second-order valence-corrected chi connectivity index (χ2v) is 8.70. The summed E-state index contributed by atoms with van der Waals surface area (Å²) >= 11 is 0. The zero-order valence-electron chi connectivity index (χ0n) is 18.0. The van der Waals surface area contributed by atoms with Gasteiger partial charge in [-0.15, -0.1) is 0 Å². The molecule has 1 atom stereocenters. The molecule has 4 N–H and O–H groups in total. The van der Waals surface area contributed by atoms with Crippen molar-refractivity contribution >= 4 is 11.9 Å². The van der Waals surface area contributed by atoms with Gasteiger partial charge in [-0.2, -0.15) is 0 Å². The molecule has 6 heteroatoms. The molecule has 0 radical (unpaired) electrons. The smallest absolute Gasteiger partial charge is 0.317 e. The van der Waals surface area contributed by atoms with Crippen molar-refractivity contribution in [2.45, 2.75) is 50.5 Å². The summed E-state index contributed by atoms with van der Waals surface area (Å²) in [5.74, 6) is 0.880. The van der Waals surface area contributed by atoms with Crippen molar-refractivity contribution in [2.75, 3.05) is 13.3 Å². The average Bonchev–Trinajstić information content (AvgIpc) is 3.69. The van der Waals surface area contributed by atoms with Gasteiger partial charge < -0.3 is 21.1 Å². The number of carbonyl (C=O) groups is 2. The number of carbonyl (C=O) groups excluding carboxylic acids is 2. The molecule has 2 aliphatic carbocycles. The van der Waals surface area contributed by atoms with Crippen LogP contribution < -0.4 is 16.0 Å². The molecule has 2 saturated carbocycles. The lowest BCUT2D eigenvalue weighted by atomic mass is 9.89. The third-order valence-electron chi connectivity index (χ3n) is 6.60. The molecular weight excluding hydrogens is 390 g/mol. The summed E-state index contributed by atoms with van der Waals surface area (Å²) < 4.78 is 0. The maximum atomic E-state index is 13.2. The van der Waals surface area contributed by atoms with E-state index >= 15 is 0 Å². The first-order valence-electron chi connectivity index (χ1n) is 11.2. The number of rotatable bonds is 9. The molecule has 3 amide bonds. The fourth-order valence-electron chi connectivity index (χ4n) is 4.39. The van der Waals surface area contributed by atoms with Crippen molar-refractivity contribution < 1.29 is 14.7 Å². The molecule has 0 saturated heterocycles. The zero-order valence-corrected chi connectivity index (χ0v) is 18.0. The molecule has 6 nitrogen and oxygen atoms in total. The Morgan fingerprint density at radius 3 is 2.32 bits per heavy atom. The molecule has 4 rings (SSSR count). The number of benzene rings is 2. The molecule has 31 heavy (non-hydrogen) atoms. The van der Waals surface area contributed by atoms with Gasteiger partial charge >= 0.3 is 6.03 Å². The summed E-state index contributed by atoms with van der Waals surface area (Å²) in [7, 11) is 0. The summed E-state index contributed by atoms with van der Waals surface area (Å²) in [5.41, 5.74) is 3.41. The van der Waals surface area contributed by atoms with Gasteiger partial charge in [0.2, 0.25) is 0 Å². The largest absolute Gasteiger partial charge is 0.376 e. The van der Waals surface area contributed by atoms with Crippen LogP contribution in [0.1, 0.15) is 60.9 Å². The van der Waals surface area contributed by atoms with Gasteiger partial charge in [-0.1, -0.05) is 49.4 Å². The number of hydrogen-bond donors (Lipinski definition) is 4. The highest BCUT2D eigenvalue weighted by Gasteiger charge is 2.45. The monoisotopic (exact) mass is 421 g/mol. The normalized spacial score (nSPS) is 17.5.